The fourth-order valence-corrected chi connectivity index (χ4v) is 4.29. The van der Waals surface area contributed by atoms with Crippen LogP contribution in [0, 0.1) is 5.92 Å². The Kier molecular flexibility index (Phi) is 9.66. The van der Waals surface area contributed by atoms with Crippen molar-refractivity contribution < 1.29 is 28.7 Å². The molecular formula is C18H29N2O6P. The van der Waals surface area contributed by atoms with Crippen LogP contribution in [0.15, 0.2) is 30.3 Å². The number of carbonyl (C=O) groups excluding carboxylic acids is 1. The lowest BCUT2D eigenvalue weighted by Gasteiger charge is -2.28. The van der Waals surface area contributed by atoms with Crippen molar-refractivity contribution in [3.63, 3.8) is 0 Å². The van der Waals surface area contributed by atoms with E-state index in [1.54, 1.807) is 13.8 Å². The van der Waals surface area contributed by atoms with E-state index in [2.05, 4.69) is 5.32 Å². The minimum Gasteiger partial charge on any atom is -0.479 e. The van der Waals surface area contributed by atoms with Crippen LogP contribution in [-0.4, -0.2) is 40.3 Å². The van der Waals surface area contributed by atoms with Crippen LogP contribution in [0.3, 0.4) is 0 Å². The number of amides is 1. The van der Waals surface area contributed by atoms with Crippen LogP contribution in [-0.2, 0) is 25.1 Å². The number of nitrogens with one attached hydrogen (secondary N) is 1. The molecule has 1 amide bonds. The monoisotopic (exact) mass is 400 g/mol. The van der Waals surface area contributed by atoms with Crippen molar-refractivity contribution in [2.75, 3.05) is 6.54 Å². The molecule has 0 saturated carbocycles. The number of hydrogen-bond donors (Lipinski definition) is 4. The Hall–Kier alpha value is -1.73. The Morgan fingerprint density at radius 1 is 1.26 bits per heavy atom. The number of carboxylic acid groups (broad SMARTS) is 1. The average molecular weight is 400 g/mol. The number of carboxylic acids is 1. The number of nitrogens with two attached hydrogens (primary N) is 1. The van der Waals surface area contributed by atoms with Crippen LogP contribution in [0.25, 0.3) is 0 Å². The van der Waals surface area contributed by atoms with Crippen molar-refractivity contribution in [1.82, 2.24) is 5.32 Å². The van der Waals surface area contributed by atoms with E-state index < -0.39 is 37.3 Å². The maximum atomic E-state index is 12.7. The molecule has 1 aromatic rings. The van der Waals surface area contributed by atoms with Crippen LogP contribution in [0.5, 0.6) is 0 Å². The molecule has 0 radical (unpaired) electrons. The summed E-state index contributed by atoms with van der Waals surface area (Å²) in [4.78, 5) is 33.8. The van der Waals surface area contributed by atoms with Gasteiger partial charge in [-0.3, -0.25) is 13.9 Å². The molecular weight excluding hydrogens is 371 g/mol. The number of aliphatic carboxylic acids is 1. The van der Waals surface area contributed by atoms with E-state index in [9.17, 15) is 24.2 Å². The summed E-state index contributed by atoms with van der Waals surface area (Å²) < 4.78 is 17.7. The maximum Gasteiger partial charge on any atom is 0.351 e. The van der Waals surface area contributed by atoms with Crippen molar-refractivity contribution in [3.8, 4) is 0 Å². The van der Waals surface area contributed by atoms with E-state index in [-0.39, 0.29) is 19.4 Å². The smallest absolute Gasteiger partial charge is 0.351 e. The number of carbonyl (C=O) groups is 2. The molecule has 1 rings (SSSR count). The van der Waals surface area contributed by atoms with Crippen molar-refractivity contribution in [1.29, 1.82) is 0 Å². The topological polar surface area (TPSA) is 139 Å². The SMILES string of the molecule is CC(C)[C@@H](NC(=O)CCc1ccccc1)P(=O)(O)OC(CCCN)C(=O)O. The fraction of sp³-hybridized carbons (Fsp3) is 0.556. The number of rotatable bonds is 12. The minimum atomic E-state index is -4.41. The molecule has 152 valence electrons. The van der Waals surface area contributed by atoms with Gasteiger partial charge in [0, 0.05) is 6.42 Å². The number of aryl methyl sites for hydroxylation is 1. The van der Waals surface area contributed by atoms with Crippen LogP contribution in [0.1, 0.15) is 38.7 Å². The third-order valence-corrected chi connectivity index (χ3v) is 5.98. The molecule has 0 fully saturated rings. The molecule has 9 heteroatoms. The summed E-state index contributed by atoms with van der Waals surface area (Å²) in [6.45, 7) is 3.56. The zero-order valence-electron chi connectivity index (χ0n) is 15.7. The van der Waals surface area contributed by atoms with Crippen LogP contribution in [0.4, 0.5) is 0 Å². The lowest BCUT2D eigenvalue weighted by Crippen LogP contribution is -2.40. The third kappa shape index (κ3) is 8.22. The second kappa shape index (κ2) is 11.2. The van der Waals surface area contributed by atoms with Gasteiger partial charge in [-0.25, -0.2) is 4.79 Å². The van der Waals surface area contributed by atoms with E-state index in [1.807, 2.05) is 30.3 Å². The summed E-state index contributed by atoms with van der Waals surface area (Å²) in [5, 5.41) is 11.7. The molecule has 8 nitrogen and oxygen atoms in total. The molecule has 5 N–H and O–H groups in total. The molecule has 3 atom stereocenters. The van der Waals surface area contributed by atoms with Crippen LogP contribution < -0.4 is 11.1 Å². The van der Waals surface area contributed by atoms with E-state index in [4.69, 9.17) is 10.3 Å². The summed E-state index contributed by atoms with van der Waals surface area (Å²) in [6, 6.07) is 9.40. The first kappa shape index (κ1) is 23.3. The summed E-state index contributed by atoms with van der Waals surface area (Å²) in [7, 11) is -4.41. The number of hydrogen-bond acceptors (Lipinski definition) is 5. The van der Waals surface area contributed by atoms with Gasteiger partial charge in [-0.2, -0.15) is 0 Å². The fourth-order valence-electron chi connectivity index (χ4n) is 2.54. The molecule has 0 aliphatic heterocycles. The third-order valence-electron chi connectivity index (χ3n) is 4.00. The molecule has 0 saturated heterocycles. The van der Waals surface area contributed by atoms with E-state index in [1.165, 1.54) is 0 Å². The van der Waals surface area contributed by atoms with Gasteiger partial charge in [-0.15, -0.1) is 0 Å². The maximum absolute atomic E-state index is 12.7. The highest BCUT2D eigenvalue weighted by atomic mass is 31.2. The van der Waals surface area contributed by atoms with Gasteiger partial charge in [0.05, 0.1) is 0 Å². The Balaban J connectivity index is 2.74. The second-order valence-electron chi connectivity index (χ2n) is 6.67. The standard InChI is InChI=1S/C18H29N2O6P/c1-13(2)17(20-16(21)11-10-14-7-4-3-5-8-14)27(24,25)26-15(18(22)23)9-6-12-19/h3-5,7-8,13,15,17H,6,9-12,19H2,1-2H3,(H,20,21)(H,22,23)(H,24,25)/t15?,17-/m0/s1. The second-order valence-corrected chi connectivity index (χ2v) is 8.56. The minimum absolute atomic E-state index is 0.0170. The van der Waals surface area contributed by atoms with Crippen molar-refractivity contribution in [3.05, 3.63) is 35.9 Å². The van der Waals surface area contributed by atoms with Gasteiger partial charge >= 0.3 is 13.6 Å². The van der Waals surface area contributed by atoms with E-state index in [0.29, 0.717) is 12.8 Å². The molecule has 0 bridgehead atoms. The summed E-state index contributed by atoms with van der Waals surface area (Å²) in [6.07, 6.45) is -0.465. The van der Waals surface area contributed by atoms with Crippen molar-refractivity contribution >= 4 is 19.5 Å². The molecule has 0 aromatic heterocycles. The van der Waals surface area contributed by atoms with Gasteiger partial charge in [-0.05, 0) is 37.3 Å². The predicted molar refractivity (Wildman–Crippen MR) is 102 cm³/mol. The highest BCUT2D eigenvalue weighted by Gasteiger charge is 2.40. The van der Waals surface area contributed by atoms with Gasteiger partial charge in [-0.1, -0.05) is 44.2 Å². The molecule has 1 aromatic carbocycles. The van der Waals surface area contributed by atoms with Crippen LogP contribution >= 0.6 is 7.60 Å². The Bertz CT molecular complexity index is 653. The van der Waals surface area contributed by atoms with Gasteiger partial charge in [0.1, 0.15) is 5.78 Å². The van der Waals surface area contributed by atoms with Gasteiger partial charge < -0.3 is 21.1 Å². The highest BCUT2D eigenvalue weighted by molar-refractivity contribution is 7.53. The largest absolute Gasteiger partial charge is 0.479 e. The highest BCUT2D eigenvalue weighted by Crippen LogP contribution is 2.50. The first-order valence-electron chi connectivity index (χ1n) is 8.94. The molecule has 2 unspecified atom stereocenters. The molecule has 27 heavy (non-hydrogen) atoms. The van der Waals surface area contributed by atoms with Gasteiger partial charge in [0.15, 0.2) is 6.10 Å². The summed E-state index contributed by atoms with van der Waals surface area (Å²) >= 11 is 0. The lowest BCUT2D eigenvalue weighted by atomic mass is 10.1. The quantitative estimate of drug-likeness (QED) is 0.394. The first-order valence-corrected chi connectivity index (χ1v) is 10.6. The molecule has 0 aliphatic rings. The molecule has 0 aliphatic carbocycles. The van der Waals surface area contributed by atoms with E-state index >= 15 is 0 Å². The van der Waals surface area contributed by atoms with Crippen molar-refractivity contribution in [2.45, 2.75) is 51.4 Å². The Morgan fingerprint density at radius 3 is 2.41 bits per heavy atom. The Morgan fingerprint density at radius 2 is 1.89 bits per heavy atom. The summed E-state index contributed by atoms with van der Waals surface area (Å²) in [5.41, 5.74) is 6.34. The number of benzene rings is 1. The zero-order valence-corrected chi connectivity index (χ0v) is 16.6. The van der Waals surface area contributed by atoms with Crippen molar-refractivity contribution in [2.24, 2.45) is 11.7 Å². The molecule has 0 spiro atoms. The Labute approximate surface area is 159 Å². The normalized spacial score (nSPS) is 15.7. The molecule has 0 heterocycles. The zero-order chi connectivity index (χ0) is 20.4. The van der Waals surface area contributed by atoms with Crippen LogP contribution in [0.2, 0.25) is 0 Å². The predicted octanol–water partition coefficient (Wildman–Crippen LogP) is 2.11. The van der Waals surface area contributed by atoms with Gasteiger partial charge in [0.25, 0.3) is 0 Å². The average Bonchev–Trinajstić information content (AvgIpc) is 2.61. The lowest BCUT2D eigenvalue weighted by molar-refractivity contribution is -0.145. The van der Waals surface area contributed by atoms with E-state index in [0.717, 1.165) is 5.56 Å². The van der Waals surface area contributed by atoms with Gasteiger partial charge in [0.2, 0.25) is 5.91 Å². The first-order chi connectivity index (χ1) is 12.7. The summed E-state index contributed by atoms with van der Waals surface area (Å²) in [5.74, 6) is -3.36.